The maximum atomic E-state index is 4.87. The van der Waals surface area contributed by atoms with Crippen LogP contribution in [0, 0.1) is 13.8 Å². The number of piperazine rings is 1. The molecule has 21 heavy (non-hydrogen) atoms. The number of anilines is 1. The van der Waals surface area contributed by atoms with Crippen LogP contribution in [0.25, 0.3) is 0 Å². The van der Waals surface area contributed by atoms with Crippen LogP contribution < -0.4 is 10.2 Å². The topological polar surface area (TPSA) is 31.4 Å². The molecule has 0 amide bonds. The first-order valence-corrected chi connectivity index (χ1v) is 7.99. The highest BCUT2D eigenvalue weighted by Gasteiger charge is 2.32. The fourth-order valence-electron chi connectivity index (χ4n) is 2.99. The number of aryl methyl sites for hydroxylation is 2. The lowest BCUT2D eigenvalue weighted by Crippen LogP contribution is -2.58. The van der Waals surface area contributed by atoms with Crippen molar-refractivity contribution in [2.45, 2.75) is 46.7 Å². The van der Waals surface area contributed by atoms with E-state index in [2.05, 4.69) is 62.8 Å². The molecule has 1 fully saturated rings. The second-order valence-corrected chi connectivity index (χ2v) is 6.82. The Labute approximate surface area is 129 Å². The molecule has 0 spiro atoms. The van der Waals surface area contributed by atoms with E-state index in [1.165, 1.54) is 16.9 Å². The van der Waals surface area contributed by atoms with E-state index in [1.54, 1.807) is 0 Å². The van der Waals surface area contributed by atoms with Gasteiger partial charge in [0.15, 0.2) is 0 Å². The molecule has 0 atom stereocenters. The van der Waals surface area contributed by atoms with E-state index < -0.39 is 0 Å². The Balaban J connectivity index is 2.33. The second kappa shape index (κ2) is 6.32. The van der Waals surface area contributed by atoms with E-state index in [1.807, 2.05) is 0 Å². The van der Waals surface area contributed by atoms with Gasteiger partial charge < -0.3 is 10.2 Å². The molecule has 0 aliphatic carbocycles. The highest BCUT2D eigenvalue weighted by atomic mass is 15.3. The Kier molecular flexibility index (Phi) is 4.89. The van der Waals surface area contributed by atoms with Crippen molar-refractivity contribution in [3.05, 3.63) is 22.9 Å². The molecule has 4 heteroatoms. The fourth-order valence-corrected chi connectivity index (χ4v) is 2.99. The summed E-state index contributed by atoms with van der Waals surface area (Å²) in [5, 5.41) is 3.46. The van der Waals surface area contributed by atoms with Crippen molar-refractivity contribution < 1.29 is 0 Å². The van der Waals surface area contributed by atoms with Gasteiger partial charge in [0.1, 0.15) is 5.82 Å². The quantitative estimate of drug-likeness (QED) is 0.922. The zero-order valence-corrected chi connectivity index (χ0v) is 14.5. The highest BCUT2D eigenvalue weighted by molar-refractivity contribution is 5.52. The minimum absolute atomic E-state index is 0.188. The molecule has 1 aliphatic rings. The number of pyridine rings is 1. The summed E-state index contributed by atoms with van der Waals surface area (Å²) in [6.07, 6.45) is 0. The van der Waals surface area contributed by atoms with Gasteiger partial charge in [0.2, 0.25) is 0 Å². The normalized spacial score (nSPS) is 19.0. The molecule has 118 valence electrons. The predicted octanol–water partition coefficient (Wildman–Crippen LogP) is 2.34. The van der Waals surface area contributed by atoms with Gasteiger partial charge in [-0.15, -0.1) is 0 Å². The van der Waals surface area contributed by atoms with Gasteiger partial charge in [-0.2, -0.15) is 0 Å². The van der Waals surface area contributed by atoms with Gasteiger partial charge in [0.25, 0.3) is 0 Å². The molecule has 1 aromatic rings. The van der Waals surface area contributed by atoms with Crippen LogP contribution in [0.4, 0.5) is 5.82 Å². The number of hydrogen-bond acceptors (Lipinski definition) is 4. The molecule has 1 saturated heterocycles. The maximum Gasteiger partial charge on any atom is 0.133 e. The third kappa shape index (κ3) is 3.55. The Bertz CT molecular complexity index is 496. The van der Waals surface area contributed by atoms with Crippen molar-refractivity contribution in [3.8, 4) is 0 Å². The lowest BCUT2D eigenvalue weighted by Gasteiger charge is -2.46. The van der Waals surface area contributed by atoms with E-state index in [0.29, 0.717) is 0 Å². The van der Waals surface area contributed by atoms with Crippen molar-refractivity contribution in [2.75, 3.05) is 38.1 Å². The Morgan fingerprint density at radius 1 is 1.29 bits per heavy atom. The minimum atomic E-state index is 0.188. The Morgan fingerprint density at radius 3 is 2.62 bits per heavy atom. The maximum absolute atomic E-state index is 4.87. The van der Waals surface area contributed by atoms with Crippen LogP contribution in [0.1, 0.15) is 37.6 Å². The van der Waals surface area contributed by atoms with Gasteiger partial charge >= 0.3 is 0 Å². The summed E-state index contributed by atoms with van der Waals surface area (Å²) in [7, 11) is 2.21. The van der Waals surface area contributed by atoms with E-state index in [-0.39, 0.29) is 5.54 Å². The summed E-state index contributed by atoms with van der Waals surface area (Å²) in [6.45, 7) is 16.1. The summed E-state index contributed by atoms with van der Waals surface area (Å²) in [5.74, 6) is 1.18. The Hall–Kier alpha value is -1.13. The standard InChI is InChI=1S/C17H30N4/c1-7-18-11-15-13(2)10-14(3)19-16(15)21-9-8-20(6)17(4,5)12-21/h10,18H,7-9,11-12H2,1-6H3. The van der Waals surface area contributed by atoms with E-state index in [4.69, 9.17) is 4.98 Å². The summed E-state index contributed by atoms with van der Waals surface area (Å²) >= 11 is 0. The first kappa shape index (κ1) is 16.2. The van der Waals surface area contributed by atoms with Gasteiger partial charge in [0.05, 0.1) is 0 Å². The number of rotatable bonds is 4. The molecule has 0 radical (unpaired) electrons. The average molecular weight is 290 g/mol. The van der Waals surface area contributed by atoms with Crippen molar-refractivity contribution in [1.82, 2.24) is 15.2 Å². The summed E-state index contributed by atoms with van der Waals surface area (Å²) < 4.78 is 0. The van der Waals surface area contributed by atoms with Crippen LogP contribution in [0.2, 0.25) is 0 Å². The monoisotopic (exact) mass is 290 g/mol. The number of nitrogens with one attached hydrogen (secondary N) is 1. The largest absolute Gasteiger partial charge is 0.353 e. The molecule has 2 heterocycles. The van der Waals surface area contributed by atoms with Crippen molar-refractivity contribution >= 4 is 5.82 Å². The lowest BCUT2D eigenvalue weighted by molar-refractivity contribution is 0.138. The van der Waals surface area contributed by atoms with Gasteiger partial charge in [-0.3, -0.25) is 4.90 Å². The van der Waals surface area contributed by atoms with Gasteiger partial charge in [-0.05, 0) is 52.9 Å². The SMILES string of the molecule is CCNCc1c(C)cc(C)nc1N1CCN(C)C(C)(C)C1. The molecule has 0 unspecified atom stereocenters. The molecular formula is C17H30N4. The fraction of sp³-hybridized carbons (Fsp3) is 0.706. The summed E-state index contributed by atoms with van der Waals surface area (Å²) in [4.78, 5) is 9.77. The van der Waals surface area contributed by atoms with Gasteiger partial charge in [0, 0.05) is 43.0 Å². The molecule has 1 aliphatic heterocycles. The van der Waals surface area contributed by atoms with E-state index in [0.717, 1.165) is 38.4 Å². The smallest absolute Gasteiger partial charge is 0.133 e. The predicted molar refractivity (Wildman–Crippen MR) is 90.0 cm³/mol. The molecule has 4 nitrogen and oxygen atoms in total. The molecule has 0 aromatic carbocycles. The number of nitrogens with zero attached hydrogens (tertiary/aromatic N) is 3. The minimum Gasteiger partial charge on any atom is -0.353 e. The molecule has 1 N–H and O–H groups in total. The van der Waals surface area contributed by atoms with Gasteiger partial charge in [-0.25, -0.2) is 4.98 Å². The zero-order chi connectivity index (χ0) is 15.6. The first-order chi connectivity index (χ1) is 9.85. The van der Waals surface area contributed by atoms with Crippen molar-refractivity contribution in [1.29, 1.82) is 0 Å². The molecule has 0 saturated carbocycles. The summed E-state index contributed by atoms with van der Waals surface area (Å²) in [6, 6.07) is 2.19. The number of aromatic nitrogens is 1. The number of hydrogen-bond donors (Lipinski definition) is 1. The van der Waals surface area contributed by atoms with E-state index in [9.17, 15) is 0 Å². The number of likely N-dealkylation sites (N-methyl/N-ethyl adjacent to an activating group) is 1. The zero-order valence-electron chi connectivity index (χ0n) is 14.5. The molecular weight excluding hydrogens is 260 g/mol. The molecule has 1 aromatic heterocycles. The van der Waals surface area contributed by atoms with Crippen LogP contribution >= 0.6 is 0 Å². The van der Waals surface area contributed by atoms with Crippen LogP contribution in [-0.4, -0.2) is 48.6 Å². The third-order valence-electron chi connectivity index (χ3n) is 4.62. The van der Waals surface area contributed by atoms with Crippen molar-refractivity contribution in [3.63, 3.8) is 0 Å². The average Bonchev–Trinajstić information content (AvgIpc) is 2.40. The van der Waals surface area contributed by atoms with Crippen LogP contribution in [0.5, 0.6) is 0 Å². The highest BCUT2D eigenvalue weighted by Crippen LogP contribution is 2.28. The summed E-state index contributed by atoms with van der Waals surface area (Å²) in [5.41, 5.74) is 3.99. The molecule has 2 rings (SSSR count). The van der Waals surface area contributed by atoms with Crippen LogP contribution in [0.3, 0.4) is 0 Å². The van der Waals surface area contributed by atoms with Crippen molar-refractivity contribution in [2.24, 2.45) is 0 Å². The Morgan fingerprint density at radius 2 is 2.00 bits per heavy atom. The second-order valence-electron chi connectivity index (χ2n) is 6.82. The first-order valence-electron chi connectivity index (χ1n) is 7.99. The lowest BCUT2D eigenvalue weighted by atomic mass is 9.98. The van der Waals surface area contributed by atoms with Crippen LogP contribution in [0.15, 0.2) is 6.07 Å². The van der Waals surface area contributed by atoms with E-state index >= 15 is 0 Å². The molecule has 0 bridgehead atoms. The van der Waals surface area contributed by atoms with Gasteiger partial charge in [-0.1, -0.05) is 6.92 Å². The van der Waals surface area contributed by atoms with Crippen LogP contribution in [-0.2, 0) is 6.54 Å². The third-order valence-corrected chi connectivity index (χ3v) is 4.62.